The van der Waals surface area contributed by atoms with Gasteiger partial charge in [0.05, 0.1) is 5.75 Å². The van der Waals surface area contributed by atoms with E-state index in [0.29, 0.717) is 5.75 Å². The van der Waals surface area contributed by atoms with Crippen molar-refractivity contribution >= 4 is 17.7 Å². The molecule has 1 aromatic carbocycles. The van der Waals surface area contributed by atoms with Crippen molar-refractivity contribution in [2.45, 2.75) is 57.7 Å². The first-order valence-corrected chi connectivity index (χ1v) is 11.8. The standard InChI is InChI=1S/C22H33N5OS/c1-3-27-21(19-11-8-10-18(2)16-19)24-25-22(27)29-17-20(28)23-12-9-15-26-13-6-4-5-7-14-26/h8,10-11,16H,3-7,9,12-15,17H2,1-2H3,(H,23,28). The molecule has 6 nitrogen and oxygen atoms in total. The molecule has 158 valence electrons. The first-order valence-electron chi connectivity index (χ1n) is 10.8. The summed E-state index contributed by atoms with van der Waals surface area (Å²) in [4.78, 5) is 14.8. The van der Waals surface area contributed by atoms with Crippen LogP contribution in [0.2, 0.25) is 0 Å². The average Bonchev–Trinajstić information content (AvgIpc) is 2.96. The van der Waals surface area contributed by atoms with Crippen molar-refractivity contribution in [1.29, 1.82) is 0 Å². The van der Waals surface area contributed by atoms with E-state index in [1.165, 1.54) is 56.1 Å². The first kappa shape index (κ1) is 21.8. The number of carbonyl (C=O) groups excluding carboxylic acids is 1. The number of nitrogens with zero attached hydrogens (tertiary/aromatic N) is 4. The number of aryl methyl sites for hydroxylation is 1. The third-order valence-electron chi connectivity index (χ3n) is 5.31. The Bertz CT molecular complexity index is 783. The molecular formula is C22H33N5OS. The molecule has 1 N–H and O–H groups in total. The van der Waals surface area contributed by atoms with Gasteiger partial charge in [0.25, 0.3) is 0 Å². The monoisotopic (exact) mass is 415 g/mol. The maximum absolute atomic E-state index is 12.2. The maximum atomic E-state index is 12.2. The summed E-state index contributed by atoms with van der Waals surface area (Å²) in [5.41, 5.74) is 2.26. The van der Waals surface area contributed by atoms with Crippen molar-refractivity contribution in [1.82, 2.24) is 25.0 Å². The van der Waals surface area contributed by atoms with Crippen LogP contribution in [0.25, 0.3) is 11.4 Å². The van der Waals surface area contributed by atoms with Crippen molar-refractivity contribution in [3.05, 3.63) is 29.8 Å². The molecular weight excluding hydrogens is 382 g/mol. The summed E-state index contributed by atoms with van der Waals surface area (Å²) in [7, 11) is 0. The van der Waals surface area contributed by atoms with E-state index >= 15 is 0 Å². The molecule has 0 bridgehead atoms. The van der Waals surface area contributed by atoms with Crippen molar-refractivity contribution in [3.63, 3.8) is 0 Å². The molecule has 3 rings (SSSR count). The van der Waals surface area contributed by atoms with Crippen LogP contribution in [0.5, 0.6) is 0 Å². The number of carbonyl (C=O) groups is 1. The zero-order valence-electron chi connectivity index (χ0n) is 17.7. The fraction of sp³-hybridized carbons (Fsp3) is 0.591. The molecule has 1 aliphatic heterocycles. The number of hydrogen-bond donors (Lipinski definition) is 1. The first-order chi connectivity index (χ1) is 14.2. The van der Waals surface area contributed by atoms with E-state index in [0.717, 1.165) is 42.6 Å². The van der Waals surface area contributed by atoms with Gasteiger partial charge in [0.15, 0.2) is 11.0 Å². The lowest BCUT2D eigenvalue weighted by Gasteiger charge is -2.19. The van der Waals surface area contributed by atoms with E-state index in [1.807, 2.05) is 6.07 Å². The Kier molecular flexibility index (Phi) is 8.55. The minimum atomic E-state index is 0.0635. The fourth-order valence-corrected chi connectivity index (χ4v) is 4.58. The highest BCUT2D eigenvalue weighted by atomic mass is 32.2. The van der Waals surface area contributed by atoms with Crippen LogP contribution in [0.4, 0.5) is 0 Å². The number of thioether (sulfide) groups is 1. The van der Waals surface area contributed by atoms with E-state index in [4.69, 9.17) is 0 Å². The summed E-state index contributed by atoms with van der Waals surface area (Å²) < 4.78 is 2.08. The smallest absolute Gasteiger partial charge is 0.230 e. The van der Waals surface area contributed by atoms with Gasteiger partial charge < -0.3 is 14.8 Å². The lowest BCUT2D eigenvalue weighted by atomic mass is 10.1. The molecule has 29 heavy (non-hydrogen) atoms. The lowest BCUT2D eigenvalue weighted by Crippen LogP contribution is -2.31. The number of nitrogens with one attached hydrogen (secondary N) is 1. The predicted octanol–water partition coefficient (Wildman–Crippen LogP) is 3.75. The van der Waals surface area contributed by atoms with Gasteiger partial charge >= 0.3 is 0 Å². The molecule has 0 unspecified atom stereocenters. The second kappa shape index (κ2) is 11.4. The molecule has 0 aliphatic carbocycles. The molecule has 1 fully saturated rings. The topological polar surface area (TPSA) is 63.1 Å². The maximum Gasteiger partial charge on any atom is 0.230 e. The molecule has 0 saturated carbocycles. The van der Waals surface area contributed by atoms with Gasteiger partial charge in [-0.1, -0.05) is 48.4 Å². The van der Waals surface area contributed by atoms with Crippen molar-refractivity contribution in [2.24, 2.45) is 0 Å². The highest BCUT2D eigenvalue weighted by Crippen LogP contribution is 2.24. The zero-order chi connectivity index (χ0) is 20.5. The van der Waals surface area contributed by atoms with Gasteiger partial charge in [-0.25, -0.2) is 0 Å². The molecule has 2 heterocycles. The minimum absolute atomic E-state index is 0.0635. The van der Waals surface area contributed by atoms with Crippen molar-refractivity contribution in [2.75, 3.05) is 31.9 Å². The second-order valence-corrected chi connectivity index (χ2v) is 8.61. The summed E-state index contributed by atoms with van der Waals surface area (Å²) in [5, 5.41) is 12.5. The van der Waals surface area contributed by atoms with Crippen LogP contribution in [0.15, 0.2) is 29.4 Å². The molecule has 7 heteroatoms. The third kappa shape index (κ3) is 6.57. The second-order valence-electron chi connectivity index (χ2n) is 7.67. The van der Waals surface area contributed by atoms with Gasteiger partial charge in [0.2, 0.25) is 5.91 Å². The number of benzene rings is 1. The highest BCUT2D eigenvalue weighted by molar-refractivity contribution is 7.99. The van der Waals surface area contributed by atoms with Gasteiger partial charge in [-0.3, -0.25) is 4.79 Å². The number of likely N-dealkylation sites (tertiary alicyclic amines) is 1. The summed E-state index contributed by atoms with van der Waals surface area (Å²) in [6.07, 6.45) is 6.35. The number of hydrogen-bond acceptors (Lipinski definition) is 5. The van der Waals surface area contributed by atoms with Crippen molar-refractivity contribution < 1.29 is 4.79 Å². The molecule has 1 saturated heterocycles. The zero-order valence-corrected chi connectivity index (χ0v) is 18.5. The molecule has 0 radical (unpaired) electrons. The lowest BCUT2D eigenvalue weighted by molar-refractivity contribution is -0.118. The summed E-state index contributed by atoms with van der Waals surface area (Å²) in [5.74, 6) is 1.29. The molecule has 1 amide bonds. The fourth-order valence-electron chi connectivity index (χ4n) is 3.75. The van der Waals surface area contributed by atoms with Crippen LogP contribution < -0.4 is 5.32 Å². The van der Waals surface area contributed by atoms with E-state index in [1.54, 1.807) is 0 Å². The van der Waals surface area contributed by atoms with Crippen LogP contribution in [0.1, 0.15) is 44.6 Å². The van der Waals surface area contributed by atoms with Gasteiger partial charge in [-0.2, -0.15) is 0 Å². The minimum Gasteiger partial charge on any atom is -0.355 e. The third-order valence-corrected chi connectivity index (χ3v) is 6.28. The average molecular weight is 416 g/mol. The molecule has 0 spiro atoms. The Morgan fingerprint density at radius 2 is 1.97 bits per heavy atom. The van der Waals surface area contributed by atoms with E-state index in [-0.39, 0.29) is 5.91 Å². The molecule has 2 aromatic rings. The normalized spacial score (nSPS) is 15.2. The Morgan fingerprint density at radius 3 is 2.69 bits per heavy atom. The van der Waals surface area contributed by atoms with Gasteiger partial charge in [-0.05, 0) is 58.8 Å². The Morgan fingerprint density at radius 1 is 1.17 bits per heavy atom. The van der Waals surface area contributed by atoms with Crippen molar-refractivity contribution in [3.8, 4) is 11.4 Å². The highest BCUT2D eigenvalue weighted by Gasteiger charge is 2.15. The SMILES string of the molecule is CCn1c(SCC(=O)NCCCN2CCCCCC2)nnc1-c1cccc(C)c1. The summed E-state index contributed by atoms with van der Waals surface area (Å²) in [6, 6.07) is 8.27. The summed E-state index contributed by atoms with van der Waals surface area (Å²) >= 11 is 1.46. The Labute approximate surface area is 178 Å². The van der Waals surface area contributed by atoms with Gasteiger partial charge in [0, 0.05) is 18.7 Å². The Balaban J connectivity index is 1.44. The summed E-state index contributed by atoms with van der Waals surface area (Å²) in [6.45, 7) is 9.16. The molecule has 1 aliphatic rings. The van der Waals surface area contributed by atoms with Gasteiger partial charge in [0.1, 0.15) is 0 Å². The quantitative estimate of drug-likeness (QED) is 0.499. The molecule has 0 atom stereocenters. The van der Waals surface area contributed by atoms with Crippen LogP contribution in [0.3, 0.4) is 0 Å². The Hall–Kier alpha value is -1.86. The van der Waals surface area contributed by atoms with Gasteiger partial charge in [-0.15, -0.1) is 10.2 Å². The van der Waals surface area contributed by atoms with E-state index in [2.05, 4.69) is 57.0 Å². The number of rotatable bonds is 9. The van der Waals surface area contributed by atoms with Crippen LogP contribution >= 0.6 is 11.8 Å². The largest absolute Gasteiger partial charge is 0.355 e. The number of aromatic nitrogens is 3. The predicted molar refractivity (Wildman–Crippen MR) is 119 cm³/mol. The molecule has 1 aromatic heterocycles. The van der Waals surface area contributed by atoms with E-state index in [9.17, 15) is 4.79 Å². The van der Waals surface area contributed by atoms with Crippen LogP contribution in [0, 0.1) is 6.92 Å². The number of amides is 1. The van der Waals surface area contributed by atoms with Crippen LogP contribution in [-0.2, 0) is 11.3 Å². The van der Waals surface area contributed by atoms with Crippen LogP contribution in [-0.4, -0.2) is 57.5 Å². The van der Waals surface area contributed by atoms with E-state index < -0.39 is 0 Å².